The molecule has 2 amide bonds. The molecule has 0 spiro atoms. The molecule has 4 N–H and O–H groups in total. The summed E-state index contributed by atoms with van der Waals surface area (Å²) in [5.41, 5.74) is 7.06. The number of likely N-dealkylation sites (N-methyl/N-ethyl adjacent to an activating group) is 1. The van der Waals surface area contributed by atoms with Crippen molar-refractivity contribution in [2.24, 2.45) is 0 Å². The van der Waals surface area contributed by atoms with E-state index in [-0.39, 0.29) is 30.1 Å². The zero-order chi connectivity index (χ0) is 17.7. The smallest absolute Gasteiger partial charge is 0.243 e. The molecule has 0 radical (unpaired) electrons. The van der Waals surface area contributed by atoms with E-state index in [1.54, 1.807) is 7.05 Å². The fourth-order valence-electron chi connectivity index (χ4n) is 1.82. The van der Waals surface area contributed by atoms with Crippen LogP contribution < -0.4 is 11.1 Å². The molecule has 2 rings (SSSR count). The quantitative estimate of drug-likeness (QED) is 0.620. The number of H-pyrrole nitrogens is 1. The maximum atomic E-state index is 12.1. The van der Waals surface area contributed by atoms with E-state index in [1.807, 2.05) is 25.1 Å². The number of aromatic nitrogens is 3. The van der Waals surface area contributed by atoms with Crippen molar-refractivity contribution in [1.29, 1.82) is 0 Å². The molecule has 1 heterocycles. The molecule has 0 saturated carbocycles. The van der Waals surface area contributed by atoms with E-state index in [0.717, 1.165) is 27.5 Å². The van der Waals surface area contributed by atoms with Crippen molar-refractivity contribution < 1.29 is 9.59 Å². The van der Waals surface area contributed by atoms with Gasteiger partial charge in [0.2, 0.25) is 22.9 Å². The minimum atomic E-state index is -0.261. The summed E-state index contributed by atoms with van der Waals surface area (Å²) in [4.78, 5) is 29.4. The van der Waals surface area contributed by atoms with Crippen LogP contribution >= 0.6 is 27.7 Å². The van der Waals surface area contributed by atoms with Crippen molar-refractivity contribution >= 4 is 51.1 Å². The molecule has 0 saturated heterocycles. The number of amides is 2. The summed E-state index contributed by atoms with van der Waals surface area (Å²) in [5.74, 6) is -0.143. The maximum absolute atomic E-state index is 12.1. The number of hydrogen-bond acceptors (Lipinski definition) is 6. The number of benzene rings is 1. The van der Waals surface area contributed by atoms with Gasteiger partial charge < -0.3 is 16.0 Å². The Morgan fingerprint density at radius 3 is 2.83 bits per heavy atom. The number of anilines is 2. The number of carbonyl (C=O) groups excluding carboxylic acids is 2. The van der Waals surface area contributed by atoms with Crippen LogP contribution in [0.4, 0.5) is 11.6 Å². The standard InChI is InChI=1S/C14H17BrN6O2S/c1-8-5-9(15)3-4-10(8)17-11(22)6-21(2)12(23)7-24-14-18-13(16)19-20-14/h3-5H,6-7H2,1-2H3,(H,17,22)(H3,16,18,19,20). The van der Waals surface area contributed by atoms with E-state index >= 15 is 0 Å². The van der Waals surface area contributed by atoms with E-state index in [9.17, 15) is 9.59 Å². The van der Waals surface area contributed by atoms with Crippen LogP contribution in [0, 0.1) is 6.92 Å². The van der Waals surface area contributed by atoms with Gasteiger partial charge in [0, 0.05) is 17.2 Å². The Morgan fingerprint density at radius 1 is 1.46 bits per heavy atom. The lowest BCUT2D eigenvalue weighted by molar-refractivity contribution is -0.131. The molecule has 1 aromatic carbocycles. The number of hydrogen-bond donors (Lipinski definition) is 3. The van der Waals surface area contributed by atoms with Gasteiger partial charge in [-0.1, -0.05) is 27.7 Å². The lowest BCUT2D eigenvalue weighted by Crippen LogP contribution is -2.36. The molecule has 2 aromatic rings. The molecule has 0 unspecified atom stereocenters. The van der Waals surface area contributed by atoms with Crippen molar-refractivity contribution in [3.8, 4) is 0 Å². The first-order chi connectivity index (χ1) is 11.3. The molecular weight excluding hydrogens is 396 g/mol. The predicted molar refractivity (Wildman–Crippen MR) is 96.7 cm³/mol. The monoisotopic (exact) mass is 412 g/mol. The average Bonchev–Trinajstić information content (AvgIpc) is 2.93. The largest absolute Gasteiger partial charge is 0.368 e. The van der Waals surface area contributed by atoms with Gasteiger partial charge in [-0.2, -0.15) is 4.98 Å². The normalized spacial score (nSPS) is 10.5. The highest BCUT2D eigenvalue weighted by atomic mass is 79.9. The molecule has 0 aliphatic heterocycles. The van der Waals surface area contributed by atoms with Crippen LogP contribution in [0.1, 0.15) is 5.56 Å². The van der Waals surface area contributed by atoms with Crippen LogP contribution in [0.15, 0.2) is 27.8 Å². The molecule has 24 heavy (non-hydrogen) atoms. The van der Waals surface area contributed by atoms with Gasteiger partial charge in [-0.3, -0.25) is 9.59 Å². The Labute approximate surface area is 151 Å². The Morgan fingerprint density at radius 2 is 2.21 bits per heavy atom. The zero-order valence-corrected chi connectivity index (χ0v) is 15.6. The van der Waals surface area contributed by atoms with Crippen LogP contribution in [-0.2, 0) is 9.59 Å². The van der Waals surface area contributed by atoms with Crippen LogP contribution in [0.5, 0.6) is 0 Å². The summed E-state index contributed by atoms with van der Waals surface area (Å²) < 4.78 is 0.940. The summed E-state index contributed by atoms with van der Waals surface area (Å²) in [6.45, 7) is 1.86. The zero-order valence-electron chi connectivity index (χ0n) is 13.2. The highest BCUT2D eigenvalue weighted by Gasteiger charge is 2.15. The maximum Gasteiger partial charge on any atom is 0.243 e. The second-order valence-corrected chi connectivity index (χ2v) is 6.91. The Bertz CT molecular complexity index is 751. The van der Waals surface area contributed by atoms with Gasteiger partial charge in [-0.05, 0) is 30.7 Å². The van der Waals surface area contributed by atoms with Crippen LogP contribution in [-0.4, -0.2) is 51.2 Å². The minimum Gasteiger partial charge on any atom is -0.368 e. The number of halogens is 1. The van der Waals surface area contributed by atoms with Gasteiger partial charge in [0.25, 0.3) is 0 Å². The van der Waals surface area contributed by atoms with E-state index in [4.69, 9.17) is 5.73 Å². The molecule has 0 aliphatic rings. The second-order valence-electron chi connectivity index (χ2n) is 5.05. The first kappa shape index (κ1) is 18.3. The molecule has 8 nitrogen and oxygen atoms in total. The number of nitrogens with zero attached hydrogens (tertiary/aromatic N) is 3. The number of nitrogens with one attached hydrogen (secondary N) is 2. The molecular formula is C14H17BrN6O2S. The molecule has 10 heteroatoms. The number of aromatic amines is 1. The summed E-state index contributed by atoms with van der Waals surface area (Å²) in [5, 5.41) is 9.51. The van der Waals surface area contributed by atoms with Crippen molar-refractivity contribution in [2.45, 2.75) is 12.1 Å². The van der Waals surface area contributed by atoms with Crippen LogP contribution in [0.2, 0.25) is 0 Å². The molecule has 0 aliphatic carbocycles. The van der Waals surface area contributed by atoms with Crippen LogP contribution in [0.3, 0.4) is 0 Å². The third-order valence-corrected chi connectivity index (χ3v) is 4.40. The Hall–Kier alpha value is -2.07. The number of rotatable bonds is 6. The predicted octanol–water partition coefficient (Wildman–Crippen LogP) is 1.65. The lowest BCUT2D eigenvalue weighted by atomic mass is 10.2. The number of carbonyl (C=O) groups is 2. The Balaban J connectivity index is 1.82. The molecule has 0 bridgehead atoms. The van der Waals surface area contributed by atoms with Crippen molar-refractivity contribution in [2.75, 3.05) is 30.4 Å². The molecule has 128 valence electrons. The highest BCUT2D eigenvalue weighted by Crippen LogP contribution is 2.20. The van der Waals surface area contributed by atoms with Crippen molar-refractivity contribution in [3.63, 3.8) is 0 Å². The summed E-state index contributed by atoms with van der Waals surface area (Å²) in [6, 6.07) is 5.56. The average molecular weight is 413 g/mol. The van der Waals surface area contributed by atoms with Crippen molar-refractivity contribution in [3.05, 3.63) is 28.2 Å². The number of nitrogens with two attached hydrogens (primary N) is 1. The fraction of sp³-hybridized carbons (Fsp3) is 0.286. The van der Waals surface area contributed by atoms with E-state index in [0.29, 0.717) is 5.16 Å². The van der Waals surface area contributed by atoms with Crippen LogP contribution in [0.25, 0.3) is 0 Å². The van der Waals surface area contributed by atoms with Gasteiger partial charge in [-0.25, -0.2) is 5.10 Å². The highest BCUT2D eigenvalue weighted by molar-refractivity contribution is 9.10. The van der Waals surface area contributed by atoms with E-state index < -0.39 is 0 Å². The molecule has 0 atom stereocenters. The number of thioether (sulfide) groups is 1. The summed E-state index contributed by atoms with van der Waals surface area (Å²) in [7, 11) is 1.57. The third-order valence-electron chi connectivity index (χ3n) is 3.08. The minimum absolute atomic E-state index is 0.0367. The van der Waals surface area contributed by atoms with Gasteiger partial charge >= 0.3 is 0 Å². The van der Waals surface area contributed by atoms with E-state index in [2.05, 4.69) is 36.4 Å². The molecule has 0 fully saturated rings. The van der Waals surface area contributed by atoms with E-state index in [1.165, 1.54) is 4.90 Å². The molecule has 1 aromatic heterocycles. The topological polar surface area (TPSA) is 117 Å². The van der Waals surface area contributed by atoms with Crippen molar-refractivity contribution in [1.82, 2.24) is 20.1 Å². The summed E-state index contributed by atoms with van der Waals surface area (Å²) >= 11 is 4.52. The third kappa shape index (κ3) is 5.24. The summed E-state index contributed by atoms with van der Waals surface area (Å²) in [6.07, 6.45) is 0. The SMILES string of the molecule is Cc1cc(Br)ccc1NC(=O)CN(C)C(=O)CSc1n[nH]c(N)n1. The van der Waals surface area contributed by atoms with Gasteiger partial charge in [0.1, 0.15) is 0 Å². The Kier molecular flexibility index (Phi) is 6.21. The fourth-order valence-corrected chi connectivity index (χ4v) is 3.04. The van der Waals surface area contributed by atoms with Gasteiger partial charge in [-0.15, -0.1) is 5.10 Å². The number of nitrogen functional groups attached to an aromatic ring is 1. The van der Waals surface area contributed by atoms with Gasteiger partial charge in [0.05, 0.1) is 12.3 Å². The second kappa shape index (κ2) is 8.15. The lowest BCUT2D eigenvalue weighted by Gasteiger charge is -2.17. The van der Waals surface area contributed by atoms with Gasteiger partial charge in [0.15, 0.2) is 0 Å². The number of aryl methyl sites for hydroxylation is 1. The first-order valence-electron chi connectivity index (χ1n) is 6.96. The first-order valence-corrected chi connectivity index (χ1v) is 8.73.